The van der Waals surface area contributed by atoms with Gasteiger partial charge in [0, 0.05) is 0 Å². The van der Waals surface area contributed by atoms with Crippen LogP contribution in [0.4, 0.5) is 0 Å². The Morgan fingerprint density at radius 2 is 2.44 bits per heavy atom. The number of hydrogen-bond donors (Lipinski definition) is 1. The quantitative estimate of drug-likeness (QED) is 0.402. The van der Waals surface area contributed by atoms with Gasteiger partial charge in [0.2, 0.25) is 0 Å². The standard InChI is InChI=1S/C7H12OSi/c1-3-7(2)9-6-4-5-8/h3,8H,5,9H2,1-2H3. The Kier molecular flexibility index (Phi) is 5.28. The second kappa shape index (κ2) is 5.61. The Morgan fingerprint density at radius 3 is 2.89 bits per heavy atom. The minimum absolute atomic E-state index is 0.00396. The highest BCUT2D eigenvalue weighted by Gasteiger charge is 1.80. The first kappa shape index (κ1) is 8.48. The molecule has 0 aliphatic carbocycles. The lowest BCUT2D eigenvalue weighted by Gasteiger charge is -1.85. The number of aliphatic hydroxyl groups is 1. The largest absolute Gasteiger partial charge is 0.384 e. The first-order valence-corrected chi connectivity index (χ1v) is 4.41. The Balaban J connectivity index is 3.50. The van der Waals surface area contributed by atoms with Crippen molar-refractivity contribution in [2.24, 2.45) is 0 Å². The number of allylic oxidation sites excluding steroid dienone is 2. The second-order valence-electron chi connectivity index (χ2n) is 1.82. The van der Waals surface area contributed by atoms with E-state index >= 15 is 0 Å². The van der Waals surface area contributed by atoms with Crippen molar-refractivity contribution in [3.63, 3.8) is 0 Å². The van der Waals surface area contributed by atoms with E-state index in [0.717, 1.165) is 0 Å². The molecule has 9 heavy (non-hydrogen) atoms. The molecule has 50 valence electrons. The van der Waals surface area contributed by atoms with Gasteiger partial charge in [-0.2, -0.15) is 0 Å². The zero-order valence-electron chi connectivity index (χ0n) is 5.94. The lowest BCUT2D eigenvalue weighted by Crippen LogP contribution is -1.87. The summed E-state index contributed by atoms with van der Waals surface area (Å²) in [6.07, 6.45) is 2.08. The van der Waals surface area contributed by atoms with E-state index in [1.807, 2.05) is 6.92 Å². The molecule has 0 heterocycles. The van der Waals surface area contributed by atoms with Crippen molar-refractivity contribution in [1.29, 1.82) is 0 Å². The summed E-state index contributed by atoms with van der Waals surface area (Å²) in [5.41, 5.74) is 2.96. The van der Waals surface area contributed by atoms with Gasteiger partial charge in [-0.25, -0.2) is 0 Å². The van der Waals surface area contributed by atoms with Crippen molar-refractivity contribution in [3.05, 3.63) is 11.3 Å². The Bertz CT molecular complexity index is 150. The van der Waals surface area contributed by atoms with Crippen LogP contribution in [-0.2, 0) is 0 Å². The molecule has 2 heteroatoms. The zero-order valence-corrected chi connectivity index (χ0v) is 7.35. The summed E-state index contributed by atoms with van der Waals surface area (Å²) >= 11 is 0. The number of hydrogen-bond acceptors (Lipinski definition) is 1. The molecule has 0 fully saturated rings. The van der Waals surface area contributed by atoms with Crippen LogP contribution in [0.3, 0.4) is 0 Å². The molecular weight excluding hydrogens is 128 g/mol. The molecule has 0 aromatic heterocycles. The van der Waals surface area contributed by atoms with Crippen molar-refractivity contribution in [3.8, 4) is 11.5 Å². The van der Waals surface area contributed by atoms with Gasteiger partial charge in [-0.1, -0.05) is 17.2 Å². The zero-order chi connectivity index (χ0) is 7.11. The third-order valence-electron chi connectivity index (χ3n) is 1.06. The molecular formula is C7H12OSi. The molecule has 0 spiro atoms. The van der Waals surface area contributed by atoms with E-state index in [2.05, 4.69) is 24.5 Å². The summed E-state index contributed by atoms with van der Waals surface area (Å²) in [6, 6.07) is 0. The van der Waals surface area contributed by atoms with E-state index in [1.165, 1.54) is 5.20 Å². The van der Waals surface area contributed by atoms with Crippen molar-refractivity contribution >= 4 is 9.52 Å². The topological polar surface area (TPSA) is 20.2 Å². The Hall–Kier alpha value is -0.523. The molecule has 0 aliphatic rings. The fourth-order valence-corrected chi connectivity index (χ4v) is 1.08. The van der Waals surface area contributed by atoms with E-state index in [0.29, 0.717) is 0 Å². The molecule has 0 unspecified atom stereocenters. The molecule has 0 aromatic carbocycles. The third-order valence-corrected chi connectivity index (χ3v) is 2.46. The Labute approximate surface area is 58.6 Å². The van der Waals surface area contributed by atoms with E-state index in [9.17, 15) is 0 Å². The third kappa shape index (κ3) is 5.35. The van der Waals surface area contributed by atoms with Crippen LogP contribution in [0.1, 0.15) is 13.8 Å². The van der Waals surface area contributed by atoms with E-state index < -0.39 is 0 Å². The van der Waals surface area contributed by atoms with Crippen LogP contribution in [0, 0.1) is 11.5 Å². The molecule has 0 bridgehead atoms. The van der Waals surface area contributed by atoms with Crippen LogP contribution in [-0.4, -0.2) is 21.2 Å². The van der Waals surface area contributed by atoms with Gasteiger partial charge in [0.05, 0.1) is 0 Å². The number of rotatable bonds is 1. The highest BCUT2D eigenvalue weighted by atomic mass is 28.2. The minimum atomic E-state index is -0.335. The Morgan fingerprint density at radius 1 is 1.78 bits per heavy atom. The molecule has 0 saturated heterocycles. The molecule has 1 N–H and O–H groups in total. The molecule has 0 atom stereocenters. The van der Waals surface area contributed by atoms with Gasteiger partial charge in [0.25, 0.3) is 0 Å². The highest BCUT2D eigenvalue weighted by Crippen LogP contribution is 1.84. The maximum atomic E-state index is 8.28. The molecule has 0 saturated carbocycles. The molecule has 1 nitrogen and oxygen atoms in total. The van der Waals surface area contributed by atoms with Gasteiger partial charge in [-0.3, -0.25) is 0 Å². The monoisotopic (exact) mass is 140 g/mol. The summed E-state index contributed by atoms with van der Waals surface area (Å²) in [6.45, 7) is 4.10. The predicted molar refractivity (Wildman–Crippen MR) is 42.8 cm³/mol. The SMILES string of the molecule is CC=C(C)[SiH2]C#CCO. The smallest absolute Gasteiger partial charge is 0.133 e. The van der Waals surface area contributed by atoms with Gasteiger partial charge < -0.3 is 5.11 Å². The summed E-state index contributed by atoms with van der Waals surface area (Å²) in [4.78, 5) is 0. The van der Waals surface area contributed by atoms with Crippen molar-refractivity contribution in [1.82, 2.24) is 0 Å². The lowest BCUT2D eigenvalue weighted by atomic mass is 10.6. The molecule has 0 aliphatic heterocycles. The summed E-state index contributed by atoms with van der Waals surface area (Å²) < 4.78 is 0. The van der Waals surface area contributed by atoms with Crippen molar-refractivity contribution in [2.45, 2.75) is 13.8 Å². The van der Waals surface area contributed by atoms with Gasteiger partial charge in [0.15, 0.2) is 0 Å². The van der Waals surface area contributed by atoms with Crippen molar-refractivity contribution in [2.75, 3.05) is 6.61 Å². The first-order chi connectivity index (χ1) is 4.31. The van der Waals surface area contributed by atoms with Crippen LogP contribution < -0.4 is 0 Å². The van der Waals surface area contributed by atoms with Gasteiger partial charge >= 0.3 is 0 Å². The maximum Gasteiger partial charge on any atom is 0.133 e. The van der Waals surface area contributed by atoms with E-state index in [-0.39, 0.29) is 16.1 Å². The van der Waals surface area contributed by atoms with Gasteiger partial charge in [-0.05, 0) is 13.8 Å². The van der Waals surface area contributed by atoms with Crippen LogP contribution >= 0.6 is 0 Å². The highest BCUT2D eigenvalue weighted by molar-refractivity contribution is 6.54. The molecule has 0 amide bonds. The van der Waals surface area contributed by atoms with Crippen LogP contribution in [0.5, 0.6) is 0 Å². The maximum absolute atomic E-state index is 8.28. The summed E-state index contributed by atoms with van der Waals surface area (Å²) in [5, 5.41) is 9.67. The fourth-order valence-electron chi connectivity index (χ4n) is 0.360. The molecule has 0 aromatic rings. The first-order valence-electron chi connectivity index (χ1n) is 2.99. The van der Waals surface area contributed by atoms with E-state index in [4.69, 9.17) is 5.11 Å². The van der Waals surface area contributed by atoms with Crippen LogP contribution in [0.2, 0.25) is 0 Å². The predicted octanol–water partition coefficient (Wildman–Crippen LogP) is 0.0321. The van der Waals surface area contributed by atoms with Crippen molar-refractivity contribution < 1.29 is 5.11 Å². The second-order valence-corrected chi connectivity index (χ2v) is 3.65. The average Bonchev–Trinajstić information content (AvgIpc) is 1.89. The molecule has 0 radical (unpaired) electrons. The summed E-state index contributed by atoms with van der Waals surface area (Å²) in [7, 11) is -0.335. The normalized spacial score (nSPS) is 11.7. The van der Waals surface area contributed by atoms with Gasteiger partial charge in [-0.15, -0.1) is 5.54 Å². The minimum Gasteiger partial charge on any atom is -0.384 e. The average molecular weight is 140 g/mol. The molecule has 0 rings (SSSR count). The fraction of sp³-hybridized carbons (Fsp3) is 0.429. The van der Waals surface area contributed by atoms with E-state index in [1.54, 1.807) is 0 Å². The van der Waals surface area contributed by atoms with Crippen LogP contribution in [0.15, 0.2) is 11.3 Å². The number of aliphatic hydroxyl groups excluding tert-OH is 1. The van der Waals surface area contributed by atoms with Gasteiger partial charge in [0.1, 0.15) is 16.1 Å². The lowest BCUT2D eigenvalue weighted by molar-refractivity contribution is 0.350. The van der Waals surface area contributed by atoms with Crippen LogP contribution in [0.25, 0.3) is 0 Å². The summed E-state index contributed by atoms with van der Waals surface area (Å²) in [5.74, 6) is 2.64.